The van der Waals surface area contributed by atoms with Gasteiger partial charge < -0.3 is 10.2 Å². The molecule has 1 aromatic carbocycles. The maximum atomic E-state index is 12.9. The Morgan fingerprint density at radius 3 is 2.85 bits per heavy atom. The van der Waals surface area contributed by atoms with Gasteiger partial charge in [-0.3, -0.25) is 4.79 Å². The molecule has 1 aliphatic heterocycles. The van der Waals surface area contributed by atoms with Crippen LogP contribution < -0.4 is 5.32 Å². The molecule has 1 fully saturated rings. The highest BCUT2D eigenvalue weighted by Gasteiger charge is 2.34. The van der Waals surface area contributed by atoms with Crippen molar-refractivity contribution >= 4 is 11.6 Å². The van der Waals surface area contributed by atoms with Crippen LogP contribution in [0.2, 0.25) is 0 Å². The molecule has 20 heavy (non-hydrogen) atoms. The number of fused-ring (bicyclic) bond motifs is 1. The number of hydrogen-bond donors (Lipinski definition) is 1. The third-order valence-electron chi connectivity index (χ3n) is 4.51. The van der Waals surface area contributed by atoms with Gasteiger partial charge in [0.15, 0.2) is 0 Å². The number of carbonyl (C=O) groups is 1. The highest BCUT2D eigenvalue weighted by molar-refractivity contribution is 5.88. The van der Waals surface area contributed by atoms with Gasteiger partial charge in [0.25, 0.3) is 0 Å². The zero-order valence-corrected chi connectivity index (χ0v) is 11.8. The topological polar surface area (TPSA) is 32.3 Å². The highest BCUT2D eigenvalue weighted by atomic mass is 16.2. The minimum absolute atomic E-state index is 0.0354. The van der Waals surface area contributed by atoms with E-state index < -0.39 is 0 Å². The van der Waals surface area contributed by atoms with E-state index in [1.165, 1.54) is 12.8 Å². The fourth-order valence-corrected chi connectivity index (χ4v) is 3.48. The van der Waals surface area contributed by atoms with Crippen LogP contribution in [0, 0.1) is 0 Å². The summed E-state index contributed by atoms with van der Waals surface area (Å²) in [6.45, 7) is 5.21. The molecule has 106 valence electrons. The fraction of sp³-hybridized carbons (Fsp3) is 0.471. The molecule has 0 aromatic heterocycles. The Kier molecular flexibility index (Phi) is 3.77. The standard InChI is InChI=1S/C17H22N2O/c1-2-11-19(13-7-3-4-8-13)17(20)15-12-18-16-10-6-5-9-14(15)16/h2,5-6,9-10,13,15,18H,1,3-4,7-8,11-12H2. The minimum atomic E-state index is -0.0354. The van der Waals surface area contributed by atoms with E-state index in [4.69, 9.17) is 0 Å². The lowest BCUT2D eigenvalue weighted by Crippen LogP contribution is -2.42. The molecule has 0 saturated heterocycles. The highest BCUT2D eigenvalue weighted by Crippen LogP contribution is 2.34. The van der Waals surface area contributed by atoms with E-state index >= 15 is 0 Å². The summed E-state index contributed by atoms with van der Waals surface area (Å²) in [5, 5.41) is 3.35. The number of hydrogen-bond acceptors (Lipinski definition) is 2. The van der Waals surface area contributed by atoms with Gasteiger partial charge in [0, 0.05) is 24.8 Å². The van der Waals surface area contributed by atoms with E-state index in [2.05, 4.69) is 28.9 Å². The van der Waals surface area contributed by atoms with Gasteiger partial charge in [-0.05, 0) is 24.5 Å². The zero-order chi connectivity index (χ0) is 13.9. The summed E-state index contributed by atoms with van der Waals surface area (Å²) in [5.41, 5.74) is 2.25. The smallest absolute Gasteiger partial charge is 0.232 e. The van der Waals surface area contributed by atoms with Gasteiger partial charge in [0.1, 0.15) is 0 Å². The number of nitrogens with zero attached hydrogens (tertiary/aromatic N) is 1. The first-order valence-electron chi connectivity index (χ1n) is 7.55. The van der Waals surface area contributed by atoms with E-state index in [1.54, 1.807) is 0 Å². The molecular formula is C17H22N2O. The Labute approximate surface area is 120 Å². The molecule has 3 heteroatoms. The second-order valence-electron chi connectivity index (χ2n) is 5.74. The van der Waals surface area contributed by atoms with Crippen molar-refractivity contribution in [3.05, 3.63) is 42.5 Å². The normalized spacial score (nSPS) is 21.3. The average molecular weight is 270 g/mol. The minimum Gasteiger partial charge on any atom is -0.384 e. The van der Waals surface area contributed by atoms with Gasteiger partial charge in [0.2, 0.25) is 5.91 Å². The molecule has 1 amide bonds. The maximum absolute atomic E-state index is 12.9. The Hall–Kier alpha value is -1.77. The lowest BCUT2D eigenvalue weighted by Gasteiger charge is -2.30. The quantitative estimate of drug-likeness (QED) is 0.852. The number of amides is 1. The van der Waals surface area contributed by atoms with Crippen LogP contribution in [0.3, 0.4) is 0 Å². The number of carbonyl (C=O) groups excluding carboxylic acids is 1. The molecule has 1 N–H and O–H groups in total. The summed E-state index contributed by atoms with van der Waals surface area (Å²) in [6.07, 6.45) is 6.61. The lowest BCUT2D eigenvalue weighted by atomic mass is 9.98. The molecule has 1 unspecified atom stereocenters. The maximum Gasteiger partial charge on any atom is 0.232 e. The summed E-state index contributed by atoms with van der Waals surface area (Å²) < 4.78 is 0. The first kappa shape index (κ1) is 13.2. The molecule has 1 heterocycles. The van der Waals surface area contributed by atoms with Crippen molar-refractivity contribution in [1.29, 1.82) is 0 Å². The monoisotopic (exact) mass is 270 g/mol. The predicted molar refractivity (Wildman–Crippen MR) is 81.8 cm³/mol. The number of anilines is 1. The molecule has 2 aliphatic rings. The first-order valence-corrected chi connectivity index (χ1v) is 7.55. The molecule has 1 aromatic rings. The summed E-state index contributed by atoms with van der Waals surface area (Å²) in [4.78, 5) is 15.0. The molecule has 1 aliphatic carbocycles. The molecule has 3 nitrogen and oxygen atoms in total. The zero-order valence-electron chi connectivity index (χ0n) is 11.8. The van der Waals surface area contributed by atoms with Crippen LogP contribution in [0.5, 0.6) is 0 Å². The van der Waals surface area contributed by atoms with Gasteiger partial charge in [0.05, 0.1) is 5.92 Å². The third kappa shape index (κ3) is 2.33. The SMILES string of the molecule is C=CCN(C(=O)C1CNc2ccccc21)C1CCCC1. The average Bonchev–Trinajstić information content (AvgIpc) is 3.13. The molecular weight excluding hydrogens is 248 g/mol. The largest absolute Gasteiger partial charge is 0.384 e. The van der Waals surface area contributed by atoms with E-state index in [0.29, 0.717) is 12.6 Å². The molecule has 0 spiro atoms. The Bertz CT molecular complexity index is 505. The second-order valence-corrected chi connectivity index (χ2v) is 5.74. The van der Waals surface area contributed by atoms with Gasteiger partial charge in [-0.25, -0.2) is 0 Å². The van der Waals surface area contributed by atoms with Crippen LogP contribution in [0.15, 0.2) is 36.9 Å². The fourth-order valence-electron chi connectivity index (χ4n) is 3.48. The van der Waals surface area contributed by atoms with Gasteiger partial charge >= 0.3 is 0 Å². The molecule has 0 bridgehead atoms. The summed E-state index contributed by atoms with van der Waals surface area (Å²) in [7, 11) is 0. The van der Waals surface area contributed by atoms with Crippen LogP contribution >= 0.6 is 0 Å². The summed E-state index contributed by atoms with van der Waals surface area (Å²) in [5.74, 6) is 0.223. The Balaban J connectivity index is 1.81. The van der Waals surface area contributed by atoms with Gasteiger partial charge in [-0.15, -0.1) is 6.58 Å². The van der Waals surface area contributed by atoms with Crippen molar-refractivity contribution in [1.82, 2.24) is 4.90 Å². The van der Waals surface area contributed by atoms with E-state index in [9.17, 15) is 4.79 Å². The van der Waals surface area contributed by atoms with Crippen LogP contribution in [0.25, 0.3) is 0 Å². The second kappa shape index (κ2) is 5.70. The summed E-state index contributed by atoms with van der Waals surface area (Å²) in [6, 6.07) is 8.55. The van der Waals surface area contributed by atoms with Crippen LogP contribution in [0.4, 0.5) is 5.69 Å². The Morgan fingerprint density at radius 2 is 2.10 bits per heavy atom. The molecule has 0 radical (unpaired) electrons. The molecule has 1 saturated carbocycles. The number of benzene rings is 1. The van der Waals surface area contributed by atoms with Crippen molar-refractivity contribution < 1.29 is 4.79 Å². The summed E-state index contributed by atoms with van der Waals surface area (Å²) >= 11 is 0. The van der Waals surface area contributed by atoms with E-state index in [0.717, 1.165) is 30.6 Å². The first-order chi connectivity index (χ1) is 9.81. The Morgan fingerprint density at radius 1 is 1.35 bits per heavy atom. The van der Waals surface area contributed by atoms with E-state index in [1.807, 2.05) is 18.2 Å². The number of nitrogens with one attached hydrogen (secondary N) is 1. The van der Waals surface area contributed by atoms with Crippen LogP contribution in [-0.4, -0.2) is 29.9 Å². The predicted octanol–water partition coefficient (Wildman–Crippen LogP) is 3.15. The number of para-hydroxylation sites is 1. The van der Waals surface area contributed by atoms with Crippen molar-refractivity contribution in [2.75, 3.05) is 18.4 Å². The van der Waals surface area contributed by atoms with Crippen LogP contribution in [-0.2, 0) is 4.79 Å². The third-order valence-corrected chi connectivity index (χ3v) is 4.51. The number of rotatable bonds is 4. The van der Waals surface area contributed by atoms with Gasteiger partial charge in [-0.2, -0.15) is 0 Å². The van der Waals surface area contributed by atoms with Crippen molar-refractivity contribution in [2.45, 2.75) is 37.6 Å². The van der Waals surface area contributed by atoms with Gasteiger partial charge in [-0.1, -0.05) is 37.1 Å². The van der Waals surface area contributed by atoms with Crippen molar-refractivity contribution in [3.8, 4) is 0 Å². The van der Waals surface area contributed by atoms with Crippen molar-refractivity contribution in [3.63, 3.8) is 0 Å². The van der Waals surface area contributed by atoms with Crippen LogP contribution in [0.1, 0.15) is 37.2 Å². The van der Waals surface area contributed by atoms with E-state index in [-0.39, 0.29) is 11.8 Å². The van der Waals surface area contributed by atoms with Crippen molar-refractivity contribution in [2.24, 2.45) is 0 Å². The molecule has 1 atom stereocenters. The molecule has 3 rings (SSSR count). The lowest BCUT2D eigenvalue weighted by molar-refractivity contribution is -0.134.